The summed E-state index contributed by atoms with van der Waals surface area (Å²) in [4.78, 5) is 63.5. The van der Waals surface area contributed by atoms with Crippen LogP contribution in [0.1, 0.15) is 24.5 Å². The summed E-state index contributed by atoms with van der Waals surface area (Å²) in [7, 11) is 9.65. The molecule has 0 aromatic carbocycles. The standard InChI is InChI=1S/C20H26N8O4S2/c1-25-15-13(17(29)27(3)19(25)31)21-11(23-15)7-5-9-33-34-10-6-8-12-22-14-16(24-12)26(2)20(32)28(4)18(14)30/h5-10H2,1-4H3,(H,21,23)(H,22,24). The van der Waals surface area contributed by atoms with Gasteiger partial charge in [0.05, 0.1) is 0 Å². The van der Waals surface area contributed by atoms with Gasteiger partial charge in [-0.3, -0.25) is 27.9 Å². The van der Waals surface area contributed by atoms with Crippen LogP contribution in [0, 0.1) is 0 Å². The number of H-pyrrole nitrogens is 2. The first-order chi connectivity index (χ1) is 16.2. The smallest absolute Gasteiger partial charge is 0.332 e. The van der Waals surface area contributed by atoms with Gasteiger partial charge in [-0.25, -0.2) is 19.6 Å². The number of hydrogen-bond acceptors (Lipinski definition) is 8. The van der Waals surface area contributed by atoms with Crippen molar-refractivity contribution in [1.29, 1.82) is 0 Å². The van der Waals surface area contributed by atoms with Crippen molar-refractivity contribution in [2.45, 2.75) is 25.7 Å². The highest BCUT2D eigenvalue weighted by Crippen LogP contribution is 2.24. The van der Waals surface area contributed by atoms with E-state index >= 15 is 0 Å². The molecule has 2 N–H and O–H groups in total. The van der Waals surface area contributed by atoms with Gasteiger partial charge in [0, 0.05) is 52.5 Å². The number of aryl methyl sites for hydroxylation is 4. The molecule has 0 saturated heterocycles. The molecule has 4 rings (SSSR count). The Morgan fingerprint density at radius 2 is 1.03 bits per heavy atom. The molecule has 4 heterocycles. The Labute approximate surface area is 200 Å². The first kappa shape index (κ1) is 24.1. The summed E-state index contributed by atoms with van der Waals surface area (Å²) in [5, 5.41) is 0. The van der Waals surface area contributed by atoms with E-state index in [2.05, 4.69) is 19.9 Å². The molecule has 0 radical (unpaired) electrons. The molecule has 12 nitrogen and oxygen atoms in total. The van der Waals surface area contributed by atoms with E-state index < -0.39 is 11.4 Å². The lowest BCUT2D eigenvalue weighted by molar-refractivity contribution is 0.708. The van der Waals surface area contributed by atoms with Crippen LogP contribution in [0.2, 0.25) is 0 Å². The topological polar surface area (TPSA) is 145 Å². The van der Waals surface area contributed by atoms with Gasteiger partial charge in [0.2, 0.25) is 0 Å². The molecule has 0 atom stereocenters. The Morgan fingerprint density at radius 1 is 0.647 bits per heavy atom. The maximum atomic E-state index is 12.2. The van der Waals surface area contributed by atoms with Crippen LogP contribution in [-0.4, -0.2) is 49.7 Å². The maximum absolute atomic E-state index is 12.2. The van der Waals surface area contributed by atoms with Crippen molar-refractivity contribution in [3.63, 3.8) is 0 Å². The largest absolute Gasteiger partial charge is 0.336 e. The molecule has 0 aliphatic rings. The van der Waals surface area contributed by atoms with Crippen molar-refractivity contribution >= 4 is 43.9 Å². The molecule has 14 heteroatoms. The Kier molecular flexibility index (Phi) is 6.89. The Balaban J connectivity index is 1.23. The van der Waals surface area contributed by atoms with Crippen molar-refractivity contribution in [2.24, 2.45) is 28.2 Å². The molecule has 0 amide bonds. The summed E-state index contributed by atoms with van der Waals surface area (Å²) < 4.78 is 4.90. The molecule has 0 bridgehead atoms. The van der Waals surface area contributed by atoms with Crippen molar-refractivity contribution in [1.82, 2.24) is 38.2 Å². The Bertz CT molecular complexity index is 1480. The zero-order chi connectivity index (χ0) is 24.6. The average molecular weight is 507 g/mol. The number of nitrogens with zero attached hydrogens (tertiary/aromatic N) is 6. The van der Waals surface area contributed by atoms with Crippen LogP contribution in [0.25, 0.3) is 22.3 Å². The van der Waals surface area contributed by atoms with Crippen molar-refractivity contribution in [2.75, 3.05) is 11.5 Å². The van der Waals surface area contributed by atoms with Crippen LogP contribution in [0.5, 0.6) is 0 Å². The van der Waals surface area contributed by atoms with E-state index in [4.69, 9.17) is 0 Å². The van der Waals surface area contributed by atoms with Crippen LogP contribution in [-0.2, 0) is 41.0 Å². The normalized spacial score (nSPS) is 11.8. The van der Waals surface area contributed by atoms with Crippen molar-refractivity contribution in [3.05, 3.63) is 53.3 Å². The van der Waals surface area contributed by atoms with Crippen molar-refractivity contribution < 1.29 is 0 Å². The molecule has 34 heavy (non-hydrogen) atoms. The molecular formula is C20H26N8O4S2. The van der Waals surface area contributed by atoms with Gasteiger partial charge in [-0.15, -0.1) is 0 Å². The molecule has 4 aromatic heterocycles. The van der Waals surface area contributed by atoms with E-state index in [9.17, 15) is 19.2 Å². The Morgan fingerprint density at radius 3 is 1.41 bits per heavy atom. The summed E-state index contributed by atoms with van der Waals surface area (Å²) in [6.07, 6.45) is 3.14. The summed E-state index contributed by atoms with van der Waals surface area (Å²) in [6, 6.07) is 0. The van der Waals surface area contributed by atoms with Gasteiger partial charge in [-0.05, 0) is 12.8 Å². The second-order valence-corrected chi connectivity index (χ2v) is 10.7. The van der Waals surface area contributed by atoms with E-state index in [1.807, 2.05) is 0 Å². The minimum Gasteiger partial charge on any atom is -0.336 e. The number of hydrogen-bond donors (Lipinski definition) is 2. The van der Waals surface area contributed by atoms with Crippen LogP contribution < -0.4 is 22.5 Å². The lowest BCUT2D eigenvalue weighted by atomic mass is 10.3. The lowest BCUT2D eigenvalue weighted by Crippen LogP contribution is -2.36. The van der Waals surface area contributed by atoms with Gasteiger partial charge in [0.25, 0.3) is 11.1 Å². The molecule has 0 aliphatic heterocycles. The molecule has 4 aromatic rings. The van der Waals surface area contributed by atoms with Gasteiger partial charge >= 0.3 is 11.4 Å². The van der Waals surface area contributed by atoms with E-state index in [1.54, 1.807) is 35.7 Å². The van der Waals surface area contributed by atoms with Gasteiger partial charge in [0.1, 0.15) is 22.7 Å². The third kappa shape index (κ3) is 4.39. The predicted molar refractivity (Wildman–Crippen MR) is 135 cm³/mol. The first-order valence-electron chi connectivity index (χ1n) is 10.7. The molecule has 0 fully saturated rings. The van der Waals surface area contributed by atoms with Gasteiger partial charge in [-0.1, -0.05) is 21.6 Å². The van der Waals surface area contributed by atoms with Crippen LogP contribution in [0.15, 0.2) is 19.2 Å². The van der Waals surface area contributed by atoms with Crippen LogP contribution in [0.4, 0.5) is 0 Å². The first-order valence-corrected chi connectivity index (χ1v) is 13.2. The van der Waals surface area contributed by atoms with E-state index in [0.717, 1.165) is 33.5 Å². The van der Waals surface area contributed by atoms with Crippen LogP contribution in [0.3, 0.4) is 0 Å². The Hall–Kier alpha value is -3.00. The fourth-order valence-electron chi connectivity index (χ4n) is 3.70. The number of aromatic nitrogens is 8. The zero-order valence-electron chi connectivity index (χ0n) is 19.4. The minimum atomic E-state index is -0.392. The van der Waals surface area contributed by atoms with Gasteiger partial charge < -0.3 is 9.97 Å². The number of rotatable bonds is 9. The maximum Gasteiger partial charge on any atom is 0.332 e. The average Bonchev–Trinajstić information content (AvgIpc) is 3.45. The zero-order valence-corrected chi connectivity index (χ0v) is 21.0. The molecule has 0 aliphatic carbocycles. The second kappa shape index (κ2) is 9.70. The van der Waals surface area contributed by atoms with Gasteiger partial charge in [0.15, 0.2) is 11.3 Å². The number of aromatic amines is 2. The van der Waals surface area contributed by atoms with E-state index in [-0.39, 0.29) is 11.1 Å². The molecule has 0 unspecified atom stereocenters. The summed E-state index contributed by atoms with van der Waals surface area (Å²) in [5.74, 6) is 3.23. The van der Waals surface area contributed by atoms with E-state index in [1.165, 1.54) is 23.2 Å². The van der Waals surface area contributed by atoms with Crippen LogP contribution >= 0.6 is 21.6 Å². The summed E-state index contributed by atoms with van der Waals surface area (Å²) in [5.41, 5.74) is -0.0477. The fraction of sp³-hybridized carbons (Fsp3) is 0.500. The number of fused-ring (bicyclic) bond motifs is 2. The quantitative estimate of drug-likeness (QED) is 0.242. The molecule has 0 spiro atoms. The fourth-order valence-corrected chi connectivity index (χ4v) is 5.87. The minimum absolute atomic E-state index is 0.352. The highest BCUT2D eigenvalue weighted by atomic mass is 33.1. The third-order valence-corrected chi connectivity index (χ3v) is 8.23. The third-order valence-electron chi connectivity index (χ3n) is 5.65. The number of nitrogens with one attached hydrogen (secondary N) is 2. The van der Waals surface area contributed by atoms with Crippen molar-refractivity contribution in [3.8, 4) is 0 Å². The number of imidazole rings is 2. The van der Waals surface area contributed by atoms with E-state index in [0.29, 0.717) is 46.8 Å². The summed E-state index contributed by atoms with van der Waals surface area (Å²) in [6.45, 7) is 0. The highest BCUT2D eigenvalue weighted by molar-refractivity contribution is 8.76. The molecular weight excluding hydrogens is 480 g/mol. The monoisotopic (exact) mass is 506 g/mol. The SMILES string of the molecule is Cn1c(=O)c2[nH]c(CCCSSCCCc3nc4c([nH]3)c(=O)n(C)c(=O)n4C)nc2n(C)c1=O. The molecule has 0 saturated carbocycles. The van der Waals surface area contributed by atoms with Gasteiger partial charge in [-0.2, -0.15) is 0 Å². The lowest BCUT2D eigenvalue weighted by Gasteiger charge is -2.00. The highest BCUT2D eigenvalue weighted by Gasteiger charge is 2.14. The second-order valence-electron chi connectivity index (χ2n) is 8.03. The molecule has 182 valence electrons. The summed E-state index contributed by atoms with van der Waals surface area (Å²) >= 11 is 0. The predicted octanol–water partition coefficient (Wildman–Crippen LogP) is 0.181.